The summed E-state index contributed by atoms with van der Waals surface area (Å²) < 4.78 is 19.3. The van der Waals surface area contributed by atoms with Crippen LogP contribution in [0.5, 0.6) is 0 Å². The SMILES string of the molecule is O=C(OCC1C2CCC1CN(Cc1ccccc1)C2)C(O)(c1ccccc1)c1ccc(F)cc1. The summed E-state index contributed by atoms with van der Waals surface area (Å²) in [5.74, 6) is 0.115. The molecule has 0 amide bonds. The summed E-state index contributed by atoms with van der Waals surface area (Å²) in [4.78, 5) is 15.9. The Balaban J connectivity index is 1.28. The molecule has 2 aliphatic rings. The number of aliphatic hydroxyl groups is 1. The molecule has 0 spiro atoms. The van der Waals surface area contributed by atoms with Crippen molar-refractivity contribution < 1.29 is 19.0 Å². The summed E-state index contributed by atoms with van der Waals surface area (Å²) in [6.45, 7) is 3.23. The number of carbonyl (C=O) groups excluding carboxylic acids is 1. The monoisotopic (exact) mass is 459 g/mol. The number of hydrogen-bond acceptors (Lipinski definition) is 4. The van der Waals surface area contributed by atoms with E-state index in [4.69, 9.17) is 4.74 Å². The van der Waals surface area contributed by atoms with Crippen molar-refractivity contribution in [3.05, 3.63) is 107 Å². The Kier molecular flexibility index (Phi) is 6.48. The van der Waals surface area contributed by atoms with Crippen molar-refractivity contribution in [2.75, 3.05) is 19.7 Å². The summed E-state index contributed by atoms with van der Waals surface area (Å²) >= 11 is 0. The average molecular weight is 460 g/mol. The second kappa shape index (κ2) is 9.69. The summed E-state index contributed by atoms with van der Waals surface area (Å²) in [7, 11) is 0. The molecule has 34 heavy (non-hydrogen) atoms. The summed E-state index contributed by atoms with van der Waals surface area (Å²) in [5.41, 5.74) is 0.0409. The first-order valence-corrected chi connectivity index (χ1v) is 12.0. The average Bonchev–Trinajstić information content (AvgIpc) is 3.11. The highest BCUT2D eigenvalue weighted by molar-refractivity contribution is 5.85. The van der Waals surface area contributed by atoms with Gasteiger partial charge in [-0.25, -0.2) is 9.18 Å². The third kappa shape index (κ3) is 4.50. The Bertz CT molecular complexity index is 1090. The van der Waals surface area contributed by atoms with E-state index >= 15 is 0 Å². The minimum atomic E-state index is -1.98. The molecule has 0 aromatic heterocycles. The molecule has 0 radical (unpaired) electrons. The molecular weight excluding hydrogens is 429 g/mol. The van der Waals surface area contributed by atoms with Gasteiger partial charge in [0.2, 0.25) is 5.60 Å². The van der Waals surface area contributed by atoms with Crippen molar-refractivity contribution in [1.29, 1.82) is 0 Å². The van der Waals surface area contributed by atoms with E-state index in [0.29, 0.717) is 35.5 Å². The fourth-order valence-corrected chi connectivity index (χ4v) is 5.72. The molecule has 5 heteroatoms. The van der Waals surface area contributed by atoms with Gasteiger partial charge < -0.3 is 9.84 Å². The molecule has 176 valence electrons. The Morgan fingerprint density at radius 1 is 0.882 bits per heavy atom. The number of benzene rings is 3. The lowest BCUT2D eigenvalue weighted by Crippen LogP contribution is -2.45. The highest BCUT2D eigenvalue weighted by atomic mass is 19.1. The molecule has 2 bridgehead atoms. The normalized spacial score (nSPS) is 23.9. The number of fused-ring (bicyclic) bond motifs is 2. The van der Waals surface area contributed by atoms with Crippen molar-refractivity contribution in [3.63, 3.8) is 0 Å². The number of halogens is 1. The molecule has 1 N–H and O–H groups in total. The van der Waals surface area contributed by atoms with Gasteiger partial charge in [-0.1, -0.05) is 72.8 Å². The molecule has 1 saturated heterocycles. The van der Waals surface area contributed by atoms with Gasteiger partial charge in [-0.3, -0.25) is 4.90 Å². The van der Waals surface area contributed by atoms with Crippen LogP contribution in [0.25, 0.3) is 0 Å². The van der Waals surface area contributed by atoms with Crippen LogP contribution in [0.4, 0.5) is 4.39 Å². The highest BCUT2D eigenvalue weighted by Gasteiger charge is 2.45. The molecule has 3 unspecified atom stereocenters. The van der Waals surface area contributed by atoms with Gasteiger partial charge in [-0.2, -0.15) is 0 Å². The van der Waals surface area contributed by atoms with Crippen molar-refractivity contribution >= 4 is 5.97 Å². The van der Waals surface area contributed by atoms with Gasteiger partial charge in [0.15, 0.2) is 0 Å². The van der Waals surface area contributed by atoms with Crippen molar-refractivity contribution in [2.45, 2.75) is 25.0 Å². The second-order valence-electron chi connectivity index (χ2n) is 9.62. The standard InChI is InChI=1S/C29H30FNO3/c30-26-15-13-25(14-16-26)29(33,24-9-5-2-6-10-24)28(32)34-20-27-22-11-12-23(27)19-31(18-22)17-21-7-3-1-4-8-21/h1-10,13-16,22-23,27,33H,11-12,17-20H2. The fourth-order valence-electron chi connectivity index (χ4n) is 5.72. The number of ether oxygens (including phenoxy) is 1. The molecule has 1 heterocycles. The Labute approximate surface area is 200 Å². The Morgan fingerprint density at radius 2 is 1.44 bits per heavy atom. The van der Waals surface area contributed by atoms with Crippen LogP contribution in [-0.2, 0) is 21.7 Å². The zero-order valence-electron chi connectivity index (χ0n) is 19.1. The van der Waals surface area contributed by atoms with E-state index in [0.717, 1.165) is 32.5 Å². The van der Waals surface area contributed by atoms with Crippen LogP contribution in [0.15, 0.2) is 84.9 Å². The number of piperidine rings is 1. The predicted octanol–water partition coefficient (Wildman–Crippen LogP) is 4.76. The van der Waals surface area contributed by atoms with E-state index in [9.17, 15) is 14.3 Å². The minimum absolute atomic E-state index is 0.295. The summed E-state index contributed by atoms with van der Waals surface area (Å²) in [5, 5.41) is 11.6. The van der Waals surface area contributed by atoms with Crippen LogP contribution in [0.2, 0.25) is 0 Å². The molecule has 2 fully saturated rings. The van der Waals surface area contributed by atoms with Gasteiger partial charge in [-0.15, -0.1) is 0 Å². The Hall–Kier alpha value is -3.02. The third-order valence-electron chi connectivity index (χ3n) is 7.51. The van der Waals surface area contributed by atoms with Gasteiger partial charge in [-0.05, 0) is 53.5 Å². The van der Waals surface area contributed by atoms with E-state index in [2.05, 4.69) is 29.2 Å². The summed E-state index contributed by atoms with van der Waals surface area (Å²) in [6, 6.07) is 24.6. The lowest BCUT2D eigenvalue weighted by molar-refractivity contribution is -0.165. The zero-order chi connectivity index (χ0) is 23.5. The van der Waals surface area contributed by atoms with Crippen LogP contribution >= 0.6 is 0 Å². The van der Waals surface area contributed by atoms with Crippen molar-refractivity contribution in [1.82, 2.24) is 4.90 Å². The van der Waals surface area contributed by atoms with Crippen LogP contribution in [0, 0.1) is 23.6 Å². The van der Waals surface area contributed by atoms with Gasteiger partial charge in [0.1, 0.15) is 5.82 Å². The minimum Gasteiger partial charge on any atom is -0.463 e. The predicted molar refractivity (Wildman–Crippen MR) is 128 cm³/mol. The molecule has 1 aliphatic heterocycles. The molecule has 5 rings (SSSR count). The van der Waals surface area contributed by atoms with Gasteiger partial charge in [0.25, 0.3) is 0 Å². The molecule has 4 nitrogen and oxygen atoms in total. The molecule has 1 aliphatic carbocycles. The number of nitrogens with zero attached hydrogens (tertiary/aromatic N) is 1. The number of hydrogen-bond donors (Lipinski definition) is 1. The van der Waals surface area contributed by atoms with Crippen LogP contribution in [0.1, 0.15) is 29.5 Å². The molecular formula is C29H30FNO3. The number of likely N-dealkylation sites (tertiary alicyclic amines) is 1. The molecule has 3 atom stereocenters. The van der Waals surface area contributed by atoms with Crippen molar-refractivity contribution in [3.8, 4) is 0 Å². The smallest absolute Gasteiger partial charge is 0.347 e. The number of carbonyl (C=O) groups is 1. The lowest BCUT2D eigenvalue weighted by Gasteiger charge is -2.38. The topological polar surface area (TPSA) is 49.8 Å². The van der Waals surface area contributed by atoms with Gasteiger partial charge in [0.05, 0.1) is 6.61 Å². The largest absolute Gasteiger partial charge is 0.463 e. The van der Waals surface area contributed by atoms with Crippen LogP contribution in [-0.4, -0.2) is 35.7 Å². The van der Waals surface area contributed by atoms with Crippen LogP contribution < -0.4 is 0 Å². The Morgan fingerprint density at radius 3 is 2.06 bits per heavy atom. The maximum absolute atomic E-state index is 13.5. The van der Waals surface area contributed by atoms with Crippen molar-refractivity contribution in [2.24, 2.45) is 17.8 Å². The van der Waals surface area contributed by atoms with E-state index in [1.807, 2.05) is 12.1 Å². The van der Waals surface area contributed by atoms with E-state index in [-0.39, 0.29) is 0 Å². The maximum Gasteiger partial charge on any atom is 0.347 e. The highest BCUT2D eigenvalue weighted by Crippen LogP contribution is 2.43. The van der Waals surface area contributed by atoms with Crippen LogP contribution in [0.3, 0.4) is 0 Å². The maximum atomic E-state index is 13.5. The molecule has 3 aromatic carbocycles. The second-order valence-corrected chi connectivity index (χ2v) is 9.62. The molecule has 1 saturated carbocycles. The zero-order valence-corrected chi connectivity index (χ0v) is 19.1. The first-order valence-electron chi connectivity index (χ1n) is 12.0. The fraction of sp³-hybridized carbons (Fsp3) is 0.345. The van der Waals surface area contributed by atoms with Gasteiger partial charge in [0, 0.05) is 25.6 Å². The quantitative estimate of drug-likeness (QED) is 0.518. The van der Waals surface area contributed by atoms with E-state index in [1.54, 1.807) is 24.3 Å². The third-order valence-corrected chi connectivity index (χ3v) is 7.51. The van der Waals surface area contributed by atoms with E-state index in [1.165, 1.54) is 29.8 Å². The number of esters is 1. The number of rotatable bonds is 7. The summed E-state index contributed by atoms with van der Waals surface area (Å²) in [6.07, 6.45) is 2.28. The van der Waals surface area contributed by atoms with Gasteiger partial charge >= 0.3 is 5.97 Å². The molecule has 3 aromatic rings. The van der Waals surface area contributed by atoms with E-state index < -0.39 is 17.4 Å². The first kappa shape index (κ1) is 22.8. The lowest BCUT2D eigenvalue weighted by atomic mass is 9.84. The first-order chi connectivity index (χ1) is 16.5.